The first-order valence-electron chi connectivity index (χ1n) is 6.66. The van der Waals surface area contributed by atoms with Crippen LogP contribution in [0.25, 0.3) is 11.3 Å². The Morgan fingerprint density at radius 3 is 2.95 bits per heavy atom. The van der Waals surface area contributed by atoms with Gasteiger partial charge in [0.25, 0.3) is 0 Å². The third-order valence-electron chi connectivity index (χ3n) is 3.82. The summed E-state index contributed by atoms with van der Waals surface area (Å²) in [6, 6.07) is 10.3. The van der Waals surface area contributed by atoms with Crippen molar-refractivity contribution in [2.24, 2.45) is 0 Å². The summed E-state index contributed by atoms with van der Waals surface area (Å²) < 4.78 is 0. The number of hydrogen-bond acceptors (Lipinski definition) is 3. The van der Waals surface area contributed by atoms with E-state index in [-0.39, 0.29) is 0 Å². The molecular weight excluding hydrogens is 248 g/mol. The van der Waals surface area contributed by atoms with Crippen LogP contribution in [-0.4, -0.2) is 15.2 Å². The Morgan fingerprint density at radius 2 is 2.10 bits per heavy atom. The summed E-state index contributed by atoms with van der Waals surface area (Å²) in [5, 5.41) is 10.9. The van der Waals surface area contributed by atoms with Crippen LogP contribution in [-0.2, 0) is 6.42 Å². The van der Waals surface area contributed by atoms with E-state index in [1.165, 1.54) is 22.3 Å². The minimum absolute atomic E-state index is 0.927. The van der Waals surface area contributed by atoms with Crippen LogP contribution in [0, 0.1) is 6.92 Å². The molecule has 20 heavy (non-hydrogen) atoms. The third-order valence-corrected chi connectivity index (χ3v) is 3.82. The first-order valence-corrected chi connectivity index (χ1v) is 6.66. The number of pyridine rings is 1. The lowest BCUT2D eigenvalue weighted by Gasteiger charge is -2.05. The molecule has 0 fully saturated rings. The van der Waals surface area contributed by atoms with E-state index < -0.39 is 0 Å². The van der Waals surface area contributed by atoms with Crippen molar-refractivity contribution in [3.8, 4) is 11.3 Å². The topological polar surface area (TPSA) is 53.6 Å². The second kappa shape index (κ2) is 4.20. The maximum atomic E-state index is 4.47. The van der Waals surface area contributed by atoms with Crippen molar-refractivity contribution in [3.05, 3.63) is 59.4 Å². The third kappa shape index (κ3) is 1.61. The van der Waals surface area contributed by atoms with Gasteiger partial charge in [0.2, 0.25) is 0 Å². The molecule has 4 rings (SSSR count). The first kappa shape index (κ1) is 11.2. The van der Waals surface area contributed by atoms with Gasteiger partial charge < -0.3 is 5.32 Å². The second-order valence-corrected chi connectivity index (χ2v) is 5.07. The summed E-state index contributed by atoms with van der Waals surface area (Å²) in [5.41, 5.74) is 7.22. The molecule has 0 aliphatic heterocycles. The van der Waals surface area contributed by atoms with Crippen LogP contribution >= 0.6 is 0 Å². The molecule has 0 amide bonds. The molecular formula is C16H14N4. The predicted octanol–water partition coefficient (Wildman–Crippen LogP) is 3.43. The highest BCUT2D eigenvalue weighted by Gasteiger charge is 2.25. The molecule has 1 aliphatic carbocycles. The van der Waals surface area contributed by atoms with Gasteiger partial charge in [-0.25, -0.2) is 0 Å². The largest absolute Gasteiger partial charge is 0.339 e. The van der Waals surface area contributed by atoms with E-state index in [0.29, 0.717) is 0 Å². The summed E-state index contributed by atoms with van der Waals surface area (Å²) in [6.07, 6.45) is 4.50. The van der Waals surface area contributed by atoms with Crippen molar-refractivity contribution in [3.63, 3.8) is 0 Å². The van der Waals surface area contributed by atoms with E-state index in [1.807, 2.05) is 12.1 Å². The van der Waals surface area contributed by atoms with Gasteiger partial charge in [-0.2, -0.15) is 5.10 Å². The van der Waals surface area contributed by atoms with Gasteiger partial charge in [0, 0.05) is 23.7 Å². The minimum Gasteiger partial charge on any atom is -0.339 e. The zero-order valence-electron chi connectivity index (χ0n) is 11.1. The molecule has 0 unspecified atom stereocenters. The highest BCUT2D eigenvalue weighted by Crippen LogP contribution is 2.40. The highest BCUT2D eigenvalue weighted by atomic mass is 15.2. The SMILES string of the molecule is Cc1cccc2c1Cc1c-2n[nH]c1Nc1cccnc1. The average molecular weight is 262 g/mol. The Labute approximate surface area is 116 Å². The van der Waals surface area contributed by atoms with Crippen molar-refractivity contribution in [2.45, 2.75) is 13.3 Å². The lowest BCUT2D eigenvalue weighted by Crippen LogP contribution is -1.95. The maximum absolute atomic E-state index is 4.47. The fraction of sp³-hybridized carbons (Fsp3) is 0.125. The van der Waals surface area contributed by atoms with E-state index in [0.717, 1.165) is 23.6 Å². The molecule has 4 heteroatoms. The molecule has 1 aliphatic rings. The molecule has 2 heterocycles. The number of anilines is 2. The Kier molecular flexibility index (Phi) is 2.36. The summed E-state index contributed by atoms with van der Waals surface area (Å²) in [4.78, 5) is 4.12. The van der Waals surface area contributed by atoms with E-state index in [4.69, 9.17) is 0 Å². The maximum Gasteiger partial charge on any atom is 0.130 e. The number of aromatic nitrogens is 3. The number of nitrogens with one attached hydrogen (secondary N) is 2. The molecule has 0 saturated carbocycles. The summed E-state index contributed by atoms with van der Waals surface area (Å²) in [6.45, 7) is 2.16. The Bertz CT molecular complexity index is 774. The van der Waals surface area contributed by atoms with Gasteiger partial charge in [-0.3, -0.25) is 10.1 Å². The number of rotatable bonds is 2. The number of benzene rings is 1. The Hall–Kier alpha value is -2.62. The first-order chi connectivity index (χ1) is 9.83. The normalized spacial score (nSPS) is 12.1. The molecule has 0 bridgehead atoms. The van der Waals surface area contributed by atoms with Gasteiger partial charge in [0.05, 0.1) is 17.6 Å². The quantitative estimate of drug-likeness (QED) is 0.582. The standard InChI is InChI=1S/C16H14N4/c1-10-4-2-6-12-13(10)8-14-15(12)19-20-16(14)18-11-5-3-7-17-9-11/h2-7,9H,8H2,1H3,(H2,18,19,20). The molecule has 2 N–H and O–H groups in total. The van der Waals surface area contributed by atoms with Crippen LogP contribution in [0.15, 0.2) is 42.7 Å². The molecule has 4 nitrogen and oxygen atoms in total. The lowest BCUT2D eigenvalue weighted by molar-refractivity contribution is 1.09. The average Bonchev–Trinajstić information content (AvgIpc) is 3.02. The highest BCUT2D eigenvalue weighted by molar-refractivity contribution is 5.80. The lowest BCUT2D eigenvalue weighted by atomic mass is 10.0. The van der Waals surface area contributed by atoms with Gasteiger partial charge in [-0.1, -0.05) is 18.2 Å². The summed E-state index contributed by atoms with van der Waals surface area (Å²) >= 11 is 0. The molecule has 0 radical (unpaired) electrons. The second-order valence-electron chi connectivity index (χ2n) is 5.07. The predicted molar refractivity (Wildman–Crippen MR) is 79.1 cm³/mol. The van der Waals surface area contributed by atoms with Crippen molar-refractivity contribution in [2.75, 3.05) is 5.32 Å². The van der Waals surface area contributed by atoms with Crippen molar-refractivity contribution in [1.29, 1.82) is 0 Å². The molecule has 98 valence electrons. The van der Waals surface area contributed by atoms with Gasteiger partial charge >= 0.3 is 0 Å². The monoisotopic (exact) mass is 262 g/mol. The van der Waals surface area contributed by atoms with Crippen LogP contribution < -0.4 is 5.32 Å². The van der Waals surface area contributed by atoms with Crippen LogP contribution in [0.5, 0.6) is 0 Å². The van der Waals surface area contributed by atoms with Crippen LogP contribution in [0.1, 0.15) is 16.7 Å². The molecule has 3 aromatic rings. The number of H-pyrrole nitrogens is 1. The van der Waals surface area contributed by atoms with Crippen LogP contribution in [0.2, 0.25) is 0 Å². The Morgan fingerprint density at radius 1 is 1.15 bits per heavy atom. The molecule has 1 aromatic carbocycles. The van der Waals surface area contributed by atoms with Crippen molar-refractivity contribution < 1.29 is 0 Å². The van der Waals surface area contributed by atoms with E-state index in [9.17, 15) is 0 Å². The number of hydrogen-bond donors (Lipinski definition) is 2. The van der Waals surface area contributed by atoms with Crippen molar-refractivity contribution >= 4 is 11.5 Å². The van der Waals surface area contributed by atoms with Gasteiger partial charge in [0.1, 0.15) is 5.82 Å². The van der Waals surface area contributed by atoms with Crippen LogP contribution in [0.3, 0.4) is 0 Å². The zero-order chi connectivity index (χ0) is 13.5. The minimum atomic E-state index is 0.927. The Balaban J connectivity index is 1.75. The van der Waals surface area contributed by atoms with Crippen LogP contribution in [0.4, 0.5) is 11.5 Å². The smallest absolute Gasteiger partial charge is 0.130 e. The fourth-order valence-corrected chi connectivity index (χ4v) is 2.78. The molecule has 0 saturated heterocycles. The number of aryl methyl sites for hydroxylation is 1. The fourth-order valence-electron chi connectivity index (χ4n) is 2.78. The zero-order valence-corrected chi connectivity index (χ0v) is 11.1. The summed E-state index contributed by atoms with van der Waals surface area (Å²) in [5.74, 6) is 0.962. The van der Waals surface area contributed by atoms with E-state index in [2.05, 4.69) is 45.6 Å². The number of fused-ring (bicyclic) bond motifs is 3. The van der Waals surface area contributed by atoms with Gasteiger partial charge in [-0.15, -0.1) is 0 Å². The molecule has 0 atom stereocenters. The molecule has 2 aromatic heterocycles. The number of aromatic amines is 1. The summed E-state index contributed by atoms with van der Waals surface area (Å²) in [7, 11) is 0. The van der Waals surface area contributed by atoms with E-state index >= 15 is 0 Å². The van der Waals surface area contributed by atoms with E-state index in [1.54, 1.807) is 12.4 Å². The van der Waals surface area contributed by atoms with Gasteiger partial charge in [-0.05, 0) is 30.2 Å². The number of nitrogens with zero attached hydrogens (tertiary/aromatic N) is 2. The van der Waals surface area contributed by atoms with Crippen molar-refractivity contribution in [1.82, 2.24) is 15.2 Å². The van der Waals surface area contributed by atoms with Gasteiger partial charge in [0.15, 0.2) is 0 Å². The molecule has 0 spiro atoms.